The number of carbonyl (C=O) groups is 1. The maximum absolute atomic E-state index is 12.5. The molecule has 2 rings (SSSR count). The smallest absolute Gasteiger partial charge is 0.257 e. The lowest BCUT2D eigenvalue weighted by Gasteiger charge is -2.35. The molecule has 0 saturated carbocycles. The molecule has 0 aromatic carbocycles. The van der Waals surface area contributed by atoms with Gasteiger partial charge in [-0.25, -0.2) is 0 Å². The highest BCUT2D eigenvalue weighted by Gasteiger charge is 2.25. The molecule has 122 valence electrons. The van der Waals surface area contributed by atoms with Gasteiger partial charge in [0.05, 0.1) is 23.6 Å². The van der Waals surface area contributed by atoms with Gasteiger partial charge in [0.15, 0.2) is 0 Å². The molecular weight excluding hydrogens is 292 g/mol. The van der Waals surface area contributed by atoms with E-state index in [2.05, 4.69) is 17.0 Å². The van der Waals surface area contributed by atoms with Crippen LogP contribution in [0.2, 0.25) is 0 Å². The van der Waals surface area contributed by atoms with E-state index in [1.54, 1.807) is 6.07 Å². The van der Waals surface area contributed by atoms with E-state index in [1.807, 2.05) is 18.7 Å². The van der Waals surface area contributed by atoms with Crippen molar-refractivity contribution in [2.75, 3.05) is 32.7 Å². The Morgan fingerprint density at radius 1 is 1.30 bits per heavy atom. The maximum atomic E-state index is 12.5. The van der Waals surface area contributed by atoms with E-state index < -0.39 is 0 Å². The fraction of sp³-hybridized carbons (Fsp3) is 0.588. The second kappa shape index (κ2) is 7.80. The molecule has 1 aliphatic heterocycles. The van der Waals surface area contributed by atoms with E-state index in [4.69, 9.17) is 14.9 Å². The van der Waals surface area contributed by atoms with Gasteiger partial charge in [-0.3, -0.25) is 9.69 Å². The second-order valence-electron chi connectivity index (χ2n) is 5.94. The summed E-state index contributed by atoms with van der Waals surface area (Å²) in [7, 11) is 0. The van der Waals surface area contributed by atoms with Crippen molar-refractivity contribution in [3.8, 4) is 12.1 Å². The summed E-state index contributed by atoms with van der Waals surface area (Å²) in [5, 5.41) is 17.8. The number of aryl methyl sites for hydroxylation is 2. The van der Waals surface area contributed by atoms with Gasteiger partial charge in [0.1, 0.15) is 11.5 Å². The summed E-state index contributed by atoms with van der Waals surface area (Å²) >= 11 is 0. The van der Waals surface area contributed by atoms with E-state index in [0.29, 0.717) is 43.8 Å². The van der Waals surface area contributed by atoms with Crippen LogP contribution in [0.25, 0.3) is 0 Å². The van der Waals surface area contributed by atoms with Crippen molar-refractivity contribution < 1.29 is 9.21 Å². The summed E-state index contributed by atoms with van der Waals surface area (Å²) in [4.78, 5) is 16.6. The molecule has 0 N–H and O–H groups in total. The van der Waals surface area contributed by atoms with E-state index in [1.165, 1.54) is 0 Å². The Balaban J connectivity index is 1.86. The van der Waals surface area contributed by atoms with E-state index in [9.17, 15) is 4.79 Å². The van der Waals surface area contributed by atoms with Crippen LogP contribution in [0.1, 0.15) is 34.7 Å². The molecule has 0 spiro atoms. The van der Waals surface area contributed by atoms with E-state index >= 15 is 0 Å². The zero-order valence-electron chi connectivity index (χ0n) is 13.7. The zero-order chi connectivity index (χ0) is 16.8. The number of nitriles is 2. The van der Waals surface area contributed by atoms with Crippen LogP contribution < -0.4 is 0 Å². The molecule has 0 radical (unpaired) electrons. The molecule has 6 nitrogen and oxygen atoms in total. The van der Waals surface area contributed by atoms with Crippen LogP contribution in [0, 0.1) is 42.4 Å². The van der Waals surface area contributed by atoms with Crippen LogP contribution in [-0.2, 0) is 0 Å². The van der Waals surface area contributed by atoms with Crippen LogP contribution in [0.15, 0.2) is 10.5 Å². The Bertz CT molecular complexity index is 630. The highest BCUT2D eigenvalue weighted by molar-refractivity contribution is 5.95. The molecule has 1 saturated heterocycles. The lowest BCUT2D eigenvalue weighted by molar-refractivity contribution is 0.0623. The Hall–Kier alpha value is -2.31. The molecule has 1 atom stereocenters. The number of hydrogen-bond acceptors (Lipinski definition) is 5. The number of furan rings is 1. The molecule has 1 aliphatic rings. The van der Waals surface area contributed by atoms with Crippen LogP contribution >= 0.6 is 0 Å². The molecular formula is C17H22N4O2. The number of nitrogens with zero attached hydrogens (tertiary/aromatic N) is 4. The van der Waals surface area contributed by atoms with Crippen molar-refractivity contribution in [1.82, 2.24) is 9.80 Å². The lowest BCUT2D eigenvalue weighted by Crippen LogP contribution is -2.49. The summed E-state index contributed by atoms with van der Waals surface area (Å²) < 4.78 is 5.43. The average Bonchev–Trinajstić information content (AvgIpc) is 2.89. The minimum atomic E-state index is -0.115. The van der Waals surface area contributed by atoms with Gasteiger partial charge in [-0.15, -0.1) is 0 Å². The summed E-state index contributed by atoms with van der Waals surface area (Å²) in [6, 6.07) is 6.14. The third-order valence-corrected chi connectivity index (χ3v) is 4.20. The van der Waals surface area contributed by atoms with Crippen LogP contribution in [0.5, 0.6) is 0 Å². The molecule has 0 unspecified atom stereocenters. The van der Waals surface area contributed by atoms with E-state index in [-0.39, 0.29) is 11.8 Å². The third-order valence-electron chi connectivity index (χ3n) is 4.20. The molecule has 0 aliphatic carbocycles. The Kier molecular flexibility index (Phi) is 5.78. The van der Waals surface area contributed by atoms with Gasteiger partial charge in [-0.2, -0.15) is 10.5 Å². The number of piperazine rings is 1. The van der Waals surface area contributed by atoms with E-state index in [0.717, 1.165) is 18.8 Å². The minimum absolute atomic E-state index is 0.0142. The van der Waals surface area contributed by atoms with Gasteiger partial charge in [0, 0.05) is 39.1 Å². The summed E-state index contributed by atoms with van der Waals surface area (Å²) in [5.41, 5.74) is 0.639. The first-order chi connectivity index (χ1) is 11.0. The fourth-order valence-electron chi connectivity index (χ4n) is 2.89. The van der Waals surface area contributed by atoms with Crippen LogP contribution in [0.3, 0.4) is 0 Å². The molecule has 1 fully saturated rings. The number of hydrogen-bond donors (Lipinski definition) is 0. The number of carbonyl (C=O) groups excluding carboxylic acids is 1. The van der Waals surface area contributed by atoms with Crippen molar-refractivity contribution in [2.45, 2.75) is 26.7 Å². The molecule has 1 aromatic rings. The Morgan fingerprint density at radius 3 is 2.52 bits per heavy atom. The van der Waals surface area contributed by atoms with Gasteiger partial charge in [-0.1, -0.05) is 0 Å². The first-order valence-electron chi connectivity index (χ1n) is 7.90. The topological polar surface area (TPSA) is 84.3 Å². The lowest BCUT2D eigenvalue weighted by atomic mass is 10.0. The van der Waals surface area contributed by atoms with Gasteiger partial charge >= 0.3 is 0 Å². The SMILES string of the molecule is Cc1cc(C(=O)N2CCN(C[C@H](C#N)CCC#N)CC2)c(C)o1. The van der Waals surface area contributed by atoms with Crippen molar-refractivity contribution in [1.29, 1.82) is 10.5 Å². The first kappa shape index (κ1) is 17.1. The highest BCUT2D eigenvalue weighted by atomic mass is 16.3. The molecule has 23 heavy (non-hydrogen) atoms. The van der Waals surface area contributed by atoms with Gasteiger partial charge in [-0.05, 0) is 26.3 Å². The monoisotopic (exact) mass is 314 g/mol. The maximum Gasteiger partial charge on any atom is 0.257 e. The first-order valence-corrected chi connectivity index (χ1v) is 7.90. The van der Waals surface area contributed by atoms with Crippen molar-refractivity contribution in [3.63, 3.8) is 0 Å². The number of rotatable bonds is 5. The van der Waals surface area contributed by atoms with Crippen molar-refractivity contribution >= 4 is 5.91 Å². The van der Waals surface area contributed by atoms with Gasteiger partial charge in [0.2, 0.25) is 0 Å². The molecule has 1 aromatic heterocycles. The Labute approximate surface area is 136 Å². The largest absolute Gasteiger partial charge is 0.466 e. The quantitative estimate of drug-likeness (QED) is 0.831. The van der Waals surface area contributed by atoms with Crippen molar-refractivity contribution in [2.24, 2.45) is 5.92 Å². The molecule has 2 heterocycles. The predicted octanol–water partition coefficient (Wildman–Crippen LogP) is 2.10. The second-order valence-corrected chi connectivity index (χ2v) is 5.94. The average molecular weight is 314 g/mol. The summed E-state index contributed by atoms with van der Waals surface area (Å²) in [5.74, 6) is 1.31. The van der Waals surface area contributed by atoms with Gasteiger partial charge in [0.25, 0.3) is 5.91 Å². The minimum Gasteiger partial charge on any atom is -0.466 e. The third kappa shape index (κ3) is 4.34. The van der Waals surface area contributed by atoms with Gasteiger partial charge < -0.3 is 9.32 Å². The Morgan fingerprint density at radius 2 is 2.00 bits per heavy atom. The zero-order valence-corrected chi connectivity index (χ0v) is 13.7. The molecule has 0 bridgehead atoms. The normalized spacial score (nSPS) is 16.6. The molecule has 6 heteroatoms. The van der Waals surface area contributed by atoms with Crippen LogP contribution in [0.4, 0.5) is 0 Å². The molecule has 1 amide bonds. The van der Waals surface area contributed by atoms with Crippen LogP contribution in [-0.4, -0.2) is 48.4 Å². The highest BCUT2D eigenvalue weighted by Crippen LogP contribution is 2.17. The fourth-order valence-corrected chi connectivity index (χ4v) is 2.89. The standard InChI is InChI=1S/C17H22N4O2/c1-13-10-16(14(2)23-13)17(22)21-8-6-20(7-9-21)12-15(11-19)4-3-5-18/h10,15H,3-4,6-9,12H2,1-2H3/t15-/m0/s1. The summed E-state index contributed by atoms with van der Waals surface area (Å²) in [6.07, 6.45) is 1.02. The summed E-state index contributed by atoms with van der Waals surface area (Å²) in [6.45, 7) is 7.13. The predicted molar refractivity (Wildman–Crippen MR) is 84.5 cm³/mol. The number of amides is 1. The van der Waals surface area contributed by atoms with Crippen molar-refractivity contribution in [3.05, 3.63) is 23.2 Å².